The van der Waals surface area contributed by atoms with Gasteiger partial charge in [-0.25, -0.2) is 0 Å². The summed E-state index contributed by atoms with van der Waals surface area (Å²) in [5, 5.41) is 3.12. The lowest BCUT2D eigenvalue weighted by molar-refractivity contribution is -0.123. The highest BCUT2D eigenvalue weighted by Gasteiger charge is 2.24. The minimum Gasteiger partial charge on any atom is -0.348 e. The lowest BCUT2D eigenvalue weighted by atomic mass is 9.88. The van der Waals surface area contributed by atoms with E-state index in [4.69, 9.17) is 5.73 Å². The molecule has 3 N–H and O–H groups in total. The van der Waals surface area contributed by atoms with Crippen LogP contribution < -0.4 is 11.1 Å². The highest BCUT2D eigenvalue weighted by atomic mass is 16.2. The predicted molar refractivity (Wildman–Crippen MR) is 79.7 cm³/mol. The molecular weight excluding hydrogens is 236 g/mol. The van der Waals surface area contributed by atoms with E-state index in [9.17, 15) is 4.79 Å². The lowest BCUT2D eigenvalue weighted by Gasteiger charge is -2.28. The standard InChI is InChI=1S/C16H26N2O/c1-4-12(5-2)15(13-10-8-7-9-11-13)18-16(19)14(17)6-3/h7-12,14-15H,4-6,17H2,1-3H3,(H,18,19)/t14-,15?/m0/s1. The zero-order valence-corrected chi connectivity index (χ0v) is 12.2. The van der Waals surface area contributed by atoms with E-state index in [0.29, 0.717) is 12.3 Å². The summed E-state index contributed by atoms with van der Waals surface area (Å²) in [6, 6.07) is 9.80. The van der Waals surface area contributed by atoms with Gasteiger partial charge < -0.3 is 11.1 Å². The van der Waals surface area contributed by atoms with Gasteiger partial charge in [0.25, 0.3) is 0 Å². The van der Waals surface area contributed by atoms with Gasteiger partial charge in [0.1, 0.15) is 0 Å². The summed E-state index contributed by atoms with van der Waals surface area (Å²) in [5.74, 6) is 0.388. The average Bonchev–Trinajstić information content (AvgIpc) is 2.47. The molecule has 3 nitrogen and oxygen atoms in total. The van der Waals surface area contributed by atoms with Crippen molar-refractivity contribution in [3.8, 4) is 0 Å². The van der Waals surface area contributed by atoms with E-state index in [1.54, 1.807) is 0 Å². The van der Waals surface area contributed by atoms with Crippen molar-refractivity contribution in [1.82, 2.24) is 5.32 Å². The first-order valence-corrected chi connectivity index (χ1v) is 7.24. The molecule has 1 rings (SSSR count). The summed E-state index contributed by atoms with van der Waals surface area (Å²) in [6.07, 6.45) is 2.74. The first kappa shape index (κ1) is 15.7. The summed E-state index contributed by atoms with van der Waals surface area (Å²) in [4.78, 5) is 12.1. The molecule has 0 saturated heterocycles. The van der Waals surface area contributed by atoms with Crippen molar-refractivity contribution in [2.75, 3.05) is 0 Å². The predicted octanol–water partition coefficient (Wildman–Crippen LogP) is 3.02. The summed E-state index contributed by atoms with van der Waals surface area (Å²) in [7, 11) is 0. The second kappa shape index (κ2) is 7.95. The Balaban J connectivity index is 2.90. The summed E-state index contributed by atoms with van der Waals surface area (Å²) in [5.41, 5.74) is 6.97. The van der Waals surface area contributed by atoms with Crippen LogP contribution in [0.25, 0.3) is 0 Å². The number of carbonyl (C=O) groups excluding carboxylic acids is 1. The molecule has 0 bridgehead atoms. The Kier molecular flexibility index (Phi) is 6.57. The maximum absolute atomic E-state index is 12.1. The van der Waals surface area contributed by atoms with Crippen molar-refractivity contribution in [2.24, 2.45) is 11.7 Å². The van der Waals surface area contributed by atoms with Gasteiger partial charge in [0.05, 0.1) is 12.1 Å². The lowest BCUT2D eigenvalue weighted by Crippen LogP contribution is -2.43. The normalized spacial score (nSPS) is 14.2. The molecule has 0 aromatic heterocycles. The van der Waals surface area contributed by atoms with Crippen LogP contribution in [0.4, 0.5) is 0 Å². The van der Waals surface area contributed by atoms with Gasteiger partial charge in [0.2, 0.25) is 5.91 Å². The smallest absolute Gasteiger partial charge is 0.237 e. The van der Waals surface area contributed by atoms with Gasteiger partial charge in [-0.1, -0.05) is 63.9 Å². The molecule has 0 spiro atoms. The molecule has 1 unspecified atom stereocenters. The Morgan fingerprint density at radius 2 is 1.68 bits per heavy atom. The Morgan fingerprint density at radius 3 is 2.16 bits per heavy atom. The number of benzene rings is 1. The maximum atomic E-state index is 12.1. The summed E-state index contributed by atoms with van der Waals surface area (Å²) < 4.78 is 0. The zero-order chi connectivity index (χ0) is 14.3. The first-order valence-electron chi connectivity index (χ1n) is 7.24. The van der Waals surface area contributed by atoms with Gasteiger partial charge in [0, 0.05) is 0 Å². The third-order valence-electron chi connectivity index (χ3n) is 3.75. The molecule has 0 aliphatic heterocycles. The van der Waals surface area contributed by atoms with E-state index >= 15 is 0 Å². The second-order valence-corrected chi connectivity index (χ2v) is 4.99. The Labute approximate surface area is 116 Å². The van der Waals surface area contributed by atoms with E-state index in [-0.39, 0.29) is 11.9 Å². The molecule has 1 aromatic carbocycles. The Morgan fingerprint density at radius 1 is 1.11 bits per heavy atom. The topological polar surface area (TPSA) is 55.1 Å². The van der Waals surface area contributed by atoms with E-state index in [1.807, 2.05) is 25.1 Å². The number of carbonyl (C=O) groups is 1. The zero-order valence-electron chi connectivity index (χ0n) is 12.2. The third kappa shape index (κ3) is 4.35. The largest absolute Gasteiger partial charge is 0.348 e. The van der Waals surface area contributed by atoms with Crippen LogP contribution in [-0.4, -0.2) is 11.9 Å². The molecule has 0 heterocycles. The molecule has 1 amide bonds. The minimum absolute atomic E-state index is 0.0525. The number of rotatable bonds is 7. The second-order valence-electron chi connectivity index (χ2n) is 4.99. The van der Waals surface area contributed by atoms with Crippen LogP contribution in [0.3, 0.4) is 0 Å². The van der Waals surface area contributed by atoms with Crippen molar-refractivity contribution in [3.05, 3.63) is 35.9 Å². The number of amides is 1. The van der Waals surface area contributed by atoms with Crippen molar-refractivity contribution in [1.29, 1.82) is 0 Å². The number of hydrogen-bond donors (Lipinski definition) is 2. The monoisotopic (exact) mass is 262 g/mol. The van der Waals surface area contributed by atoms with Crippen molar-refractivity contribution < 1.29 is 4.79 Å². The molecule has 0 aliphatic carbocycles. The highest BCUT2D eigenvalue weighted by Crippen LogP contribution is 2.27. The van der Waals surface area contributed by atoms with Gasteiger partial charge in [-0.2, -0.15) is 0 Å². The third-order valence-corrected chi connectivity index (χ3v) is 3.75. The van der Waals surface area contributed by atoms with Crippen LogP contribution in [0, 0.1) is 5.92 Å². The van der Waals surface area contributed by atoms with Gasteiger partial charge in [-0.3, -0.25) is 4.79 Å². The van der Waals surface area contributed by atoms with Crippen LogP contribution in [0.1, 0.15) is 51.6 Å². The van der Waals surface area contributed by atoms with Crippen LogP contribution in [-0.2, 0) is 4.79 Å². The molecule has 0 saturated carbocycles. The van der Waals surface area contributed by atoms with Gasteiger partial charge in [0.15, 0.2) is 0 Å². The van der Waals surface area contributed by atoms with Crippen molar-refractivity contribution in [2.45, 2.75) is 52.1 Å². The minimum atomic E-state index is -0.416. The van der Waals surface area contributed by atoms with E-state index in [2.05, 4.69) is 31.3 Å². The van der Waals surface area contributed by atoms with E-state index in [1.165, 1.54) is 0 Å². The summed E-state index contributed by atoms with van der Waals surface area (Å²) >= 11 is 0. The Bertz CT molecular complexity index is 374. The van der Waals surface area contributed by atoms with E-state index in [0.717, 1.165) is 18.4 Å². The quantitative estimate of drug-likeness (QED) is 0.793. The van der Waals surface area contributed by atoms with Crippen molar-refractivity contribution >= 4 is 5.91 Å². The maximum Gasteiger partial charge on any atom is 0.237 e. The van der Waals surface area contributed by atoms with Gasteiger partial charge in [-0.15, -0.1) is 0 Å². The molecule has 0 radical (unpaired) electrons. The van der Waals surface area contributed by atoms with Crippen LogP contribution >= 0.6 is 0 Å². The first-order chi connectivity index (χ1) is 9.13. The number of hydrogen-bond acceptors (Lipinski definition) is 2. The number of nitrogens with one attached hydrogen (secondary N) is 1. The van der Waals surface area contributed by atoms with Crippen LogP contribution in [0.2, 0.25) is 0 Å². The van der Waals surface area contributed by atoms with Crippen LogP contribution in [0.15, 0.2) is 30.3 Å². The van der Waals surface area contributed by atoms with Gasteiger partial charge in [-0.05, 0) is 17.9 Å². The molecule has 1 aromatic rings. The SMILES string of the molecule is CCC(CC)C(NC(=O)[C@@H](N)CC)c1ccccc1. The number of nitrogens with two attached hydrogens (primary N) is 1. The Hall–Kier alpha value is -1.35. The molecule has 19 heavy (non-hydrogen) atoms. The van der Waals surface area contributed by atoms with Crippen LogP contribution in [0.5, 0.6) is 0 Å². The molecule has 0 fully saturated rings. The van der Waals surface area contributed by atoms with Gasteiger partial charge >= 0.3 is 0 Å². The summed E-state index contributed by atoms with van der Waals surface area (Å²) in [6.45, 7) is 6.25. The van der Waals surface area contributed by atoms with E-state index < -0.39 is 6.04 Å². The fraction of sp³-hybridized carbons (Fsp3) is 0.562. The molecule has 3 heteroatoms. The molecular formula is C16H26N2O. The molecule has 0 aliphatic rings. The molecule has 2 atom stereocenters. The molecule has 106 valence electrons. The fourth-order valence-electron chi connectivity index (χ4n) is 2.34. The average molecular weight is 262 g/mol. The van der Waals surface area contributed by atoms with Crippen molar-refractivity contribution in [3.63, 3.8) is 0 Å². The highest BCUT2D eigenvalue weighted by molar-refractivity contribution is 5.81. The fourth-order valence-corrected chi connectivity index (χ4v) is 2.34.